The van der Waals surface area contributed by atoms with Crippen molar-refractivity contribution in [2.45, 2.75) is 39.2 Å². The van der Waals surface area contributed by atoms with E-state index in [-0.39, 0.29) is 17.6 Å². The molecule has 0 N–H and O–H groups in total. The second-order valence-electron chi connectivity index (χ2n) is 8.87. The monoisotopic (exact) mass is 404 g/mol. The number of nitrogens with zero attached hydrogens (tertiary/aromatic N) is 2. The van der Waals surface area contributed by atoms with Gasteiger partial charge in [0.2, 0.25) is 5.91 Å². The van der Waals surface area contributed by atoms with Crippen molar-refractivity contribution in [3.63, 3.8) is 0 Å². The van der Waals surface area contributed by atoms with Crippen LogP contribution < -0.4 is 0 Å². The van der Waals surface area contributed by atoms with Crippen molar-refractivity contribution >= 4 is 11.7 Å². The molecule has 158 valence electrons. The normalized spacial score (nSPS) is 19.0. The molecule has 0 aromatic heterocycles. The molecule has 0 saturated carbocycles. The standard InChI is InChI=1S/C26H32N2O2/c1-20-7-9-22(10-8-20)25(29)23-13-17-28(18-14-23)26(30)24-11-15-27(16-12-24)19-21-5-3-2-4-6-21/h2-10,23-24H,11-19H2,1H3. The van der Waals surface area contributed by atoms with Crippen molar-refractivity contribution in [1.29, 1.82) is 0 Å². The predicted octanol–water partition coefficient (Wildman–Crippen LogP) is 4.33. The van der Waals surface area contributed by atoms with Crippen molar-refractivity contribution in [2.24, 2.45) is 11.8 Å². The number of Topliss-reactive ketones (excluding diaryl/α,β-unsaturated/α-hetero) is 1. The van der Waals surface area contributed by atoms with Crippen LogP contribution in [0.3, 0.4) is 0 Å². The number of piperidine rings is 2. The van der Waals surface area contributed by atoms with Gasteiger partial charge in [-0.25, -0.2) is 0 Å². The lowest BCUT2D eigenvalue weighted by Crippen LogP contribution is -2.46. The van der Waals surface area contributed by atoms with E-state index in [4.69, 9.17) is 0 Å². The van der Waals surface area contributed by atoms with E-state index in [0.29, 0.717) is 19.0 Å². The van der Waals surface area contributed by atoms with Gasteiger partial charge in [0.1, 0.15) is 0 Å². The highest BCUT2D eigenvalue weighted by Crippen LogP contribution is 2.26. The van der Waals surface area contributed by atoms with Crippen LogP contribution in [0.25, 0.3) is 0 Å². The van der Waals surface area contributed by atoms with E-state index < -0.39 is 0 Å². The number of aryl methyl sites for hydroxylation is 1. The Hall–Kier alpha value is -2.46. The highest BCUT2D eigenvalue weighted by Gasteiger charge is 2.32. The number of carbonyl (C=O) groups excluding carboxylic acids is 2. The van der Waals surface area contributed by atoms with E-state index in [1.165, 1.54) is 11.1 Å². The number of carbonyl (C=O) groups is 2. The molecule has 0 bridgehead atoms. The van der Waals surface area contributed by atoms with Crippen molar-refractivity contribution < 1.29 is 9.59 Å². The number of rotatable bonds is 5. The number of ketones is 1. The lowest BCUT2D eigenvalue weighted by molar-refractivity contribution is -0.138. The van der Waals surface area contributed by atoms with Crippen LogP contribution >= 0.6 is 0 Å². The molecule has 2 aliphatic heterocycles. The minimum absolute atomic E-state index is 0.0458. The first-order valence-electron chi connectivity index (χ1n) is 11.3. The summed E-state index contributed by atoms with van der Waals surface area (Å²) in [6.45, 7) is 6.39. The molecule has 0 unspecified atom stereocenters. The summed E-state index contributed by atoms with van der Waals surface area (Å²) >= 11 is 0. The summed E-state index contributed by atoms with van der Waals surface area (Å²) in [5, 5.41) is 0. The van der Waals surface area contributed by atoms with Gasteiger partial charge in [-0.15, -0.1) is 0 Å². The quantitative estimate of drug-likeness (QED) is 0.697. The molecule has 4 rings (SSSR count). The Morgan fingerprint density at radius 2 is 1.40 bits per heavy atom. The highest BCUT2D eigenvalue weighted by atomic mass is 16.2. The van der Waals surface area contributed by atoms with Gasteiger partial charge < -0.3 is 4.90 Å². The van der Waals surface area contributed by atoms with E-state index in [1.54, 1.807) is 0 Å². The first kappa shape index (κ1) is 20.8. The molecule has 2 heterocycles. The Kier molecular flexibility index (Phi) is 6.63. The van der Waals surface area contributed by atoms with Crippen molar-refractivity contribution in [2.75, 3.05) is 26.2 Å². The minimum Gasteiger partial charge on any atom is -0.342 e. The molecule has 0 spiro atoms. The smallest absolute Gasteiger partial charge is 0.225 e. The Labute approximate surface area is 179 Å². The van der Waals surface area contributed by atoms with Gasteiger partial charge in [-0.05, 0) is 51.3 Å². The summed E-state index contributed by atoms with van der Waals surface area (Å²) < 4.78 is 0. The maximum Gasteiger partial charge on any atom is 0.225 e. The number of likely N-dealkylation sites (tertiary alicyclic amines) is 2. The molecule has 0 radical (unpaired) electrons. The van der Waals surface area contributed by atoms with E-state index >= 15 is 0 Å². The molecule has 4 heteroatoms. The van der Waals surface area contributed by atoms with Gasteiger partial charge >= 0.3 is 0 Å². The molecule has 2 aliphatic rings. The highest BCUT2D eigenvalue weighted by molar-refractivity contribution is 5.98. The molecule has 4 nitrogen and oxygen atoms in total. The van der Waals surface area contributed by atoms with Crippen LogP contribution in [0, 0.1) is 18.8 Å². The van der Waals surface area contributed by atoms with Crippen molar-refractivity contribution in [3.05, 3.63) is 71.3 Å². The molecular formula is C26H32N2O2. The van der Waals surface area contributed by atoms with Gasteiger partial charge in [0.25, 0.3) is 0 Å². The van der Waals surface area contributed by atoms with Crippen LogP contribution in [0.5, 0.6) is 0 Å². The number of hydrogen-bond acceptors (Lipinski definition) is 3. The number of hydrogen-bond donors (Lipinski definition) is 0. The summed E-state index contributed by atoms with van der Waals surface area (Å²) in [5.41, 5.74) is 3.31. The third kappa shape index (κ3) is 4.99. The molecule has 2 fully saturated rings. The lowest BCUT2D eigenvalue weighted by atomic mass is 9.87. The van der Waals surface area contributed by atoms with Crippen LogP contribution in [-0.2, 0) is 11.3 Å². The fourth-order valence-corrected chi connectivity index (χ4v) is 4.75. The second kappa shape index (κ2) is 9.57. The van der Waals surface area contributed by atoms with E-state index in [9.17, 15) is 9.59 Å². The molecule has 2 aromatic carbocycles. The average molecular weight is 405 g/mol. The van der Waals surface area contributed by atoms with Crippen molar-refractivity contribution in [3.8, 4) is 0 Å². The van der Waals surface area contributed by atoms with Crippen LogP contribution in [0.1, 0.15) is 47.2 Å². The third-order valence-corrected chi connectivity index (χ3v) is 6.70. The largest absolute Gasteiger partial charge is 0.342 e. The zero-order valence-corrected chi connectivity index (χ0v) is 17.9. The summed E-state index contributed by atoms with van der Waals surface area (Å²) in [4.78, 5) is 30.3. The molecule has 30 heavy (non-hydrogen) atoms. The van der Waals surface area contributed by atoms with E-state index in [1.807, 2.05) is 42.2 Å². The molecule has 2 saturated heterocycles. The Morgan fingerprint density at radius 1 is 0.800 bits per heavy atom. The molecule has 1 amide bonds. The predicted molar refractivity (Wildman–Crippen MR) is 119 cm³/mol. The van der Waals surface area contributed by atoms with Crippen molar-refractivity contribution in [1.82, 2.24) is 9.80 Å². The van der Waals surface area contributed by atoms with E-state index in [2.05, 4.69) is 29.2 Å². The van der Waals surface area contributed by atoms with Crippen LogP contribution in [0.15, 0.2) is 54.6 Å². The first-order chi connectivity index (χ1) is 14.6. The third-order valence-electron chi connectivity index (χ3n) is 6.70. The van der Waals surface area contributed by atoms with Gasteiger partial charge in [-0.1, -0.05) is 60.2 Å². The zero-order valence-electron chi connectivity index (χ0n) is 17.9. The van der Waals surface area contributed by atoms with Gasteiger partial charge in [-0.2, -0.15) is 0 Å². The number of amides is 1. The van der Waals surface area contributed by atoms with Crippen LogP contribution in [0.4, 0.5) is 0 Å². The SMILES string of the molecule is Cc1ccc(C(=O)C2CCN(C(=O)C3CCN(Cc4ccccc4)CC3)CC2)cc1. The summed E-state index contributed by atoms with van der Waals surface area (Å²) in [6.07, 6.45) is 3.44. The molecule has 0 atom stereocenters. The molecule has 2 aromatic rings. The Morgan fingerprint density at radius 3 is 2.03 bits per heavy atom. The average Bonchev–Trinajstić information content (AvgIpc) is 2.80. The Balaban J connectivity index is 1.24. The zero-order chi connectivity index (χ0) is 20.9. The van der Waals surface area contributed by atoms with Gasteiger partial charge in [0, 0.05) is 37.0 Å². The lowest BCUT2D eigenvalue weighted by Gasteiger charge is -2.37. The van der Waals surface area contributed by atoms with E-state index in [0.717, 1.165) is 50.9 Å². The number of benzene rings is 2. The molecule has 0 aliphatic carbocycles. The topological polar surface area (TPSA) is 40.6 Å². The van der Waals surface area contributed by atoms with Gasteiger partial charge in [-0.3, -0.25) is 14.5 Å². The summed E-state index contributed by atoms with van der Waals surface area (Å²) in [6, 6.07) is 18.4. The summed E-state index contributed by atoms with van der Waals surface area (Å²) in [7, 11) is 0. The maximum absolute atomic E-state index is 13.0. The summed E-state index contributed by atoms with van der Waals surface area (Å²) in [5.74, 6) is 0.720. The Bertz CT molecular complexity index is 846. The van der Waals surface area contributed by atoms with Crippen LogP contribution in [-0.4, -0.2) is 47.7 Å². The van der Waals surface area contributed by atoms with Crippen LogP contribution in [0.2, 0.25) is 0 Å². The first-order valence-corrected chi connectivity index (χ1v) is 11.3. The maximum atomic E-state index is 13.0. The minimum atomic E-state index is 0.0458. The fourth-order valence-electron chi connectivity index (χ4n) is 4.75. The van der Waals surface area contributed by atoms with Gasteiger partial charge in [0.15, 0.2) is 5.78 Å². The van der Waals surface area contributed by atoms with Gasteiger partial charge in [0.05, 0.1) is 0 Å². The second-order valence-corrected chi connectivity index (χ2v) is 8.87. The molecular weight excluding hydrogens is 372 g/mol. The fraction of sp³-hybridized carbons (Fsp3) is 0.462.